The Kier molecular flexibility index (Phi) is 17.7. The van der Waals surface area contributed by atoms with Crippen molar-refractivity contribution in [3.63, 3.8) is 0 Å². The van der Waals surface area contributed by atoms with Gasteiger partial charge in [-0.3, -0.25) is 0 Å². The molecule has 0 spiro atoms. The zero-order valence-electron chi connectivity index (χ0n) is 34.8. The Morgan fingerprint density at radius 1 is 0.388 bits per heavy atom. The lowest BCUT2D eigenvalue weighted by Crippen LogP contribution is -2.65. The van der Waals surface area contributed by atoms with Crippen molar-refractivity contribution in [1.82, 2.24) is 0 Å². The molecule has 31 heteroatoms. The van der Waals surface area contributed by atoms with E-state index < -0.39 is 224 Å². The first-order valence-corrected chi connectivity index (χ1v) is 21.1. The third-order valence-electron chi connectivity index (χ3n) is 12.3. The van der Waals surface area contributed by atoms with Crippen molar-refractivity contribution in [3.8, 4) is 0 Å². The van der Waals surface area contributed by atoms with Gasteiger partial charge in [0.1, 0.15) is 128 Å². The lowest BCUT2D eigenvalue weighted by atomic mass is 9.98. The number of aliphatic carboxylic acids is 1. The molecular formula is C36H58O31. The summed E-state index contributed by atoms with van der Waals surface area (Å²) in [4.78, 5) is 11.6. The summed E-state index contributed by atoms with van der Waals surface area (Å²) in [6.07, 6.45) is -52.2. The highest BCUT2D eigenvalue weighted by Gasteiger charge is 2.56. The van der Waals surface area contributed by atoms with Crippen LogP contribution in [0.5, 0.6) is 0 Å². The third-order valence-corrected chi connectivity index (χ3v) is 12.3. The molecule has 0 bridgehead atoms. The van der Waals surface area contributed by atoms with Crippen LogP contribution in [-0.4, -0.2) is 311 Å². The van der Waals surface area contributed by atoms with E-state index in [9.17, 15) is 91.6 Å². The molecule has 0 radical (unpaired) electrons. The Balaban J connectivity index is 1.05. The van der Waals surface area contributed by atoms with Crippen LogP contribution in [0.15, 0.2) is 0 Å². The highest BCUT2D eigenvalue weighted by molar-refractivity contribution is 5.73. The number of carboxylic acids is 1. The smallest absolute Gasteiger partial charge is 0.335 e. The van der Waals surface area contributed by atoms with Crippen molar-refractivity contribution in [2.45, 2.75) is 178 Å². The van der Waals surface area contributed by atoms with Gasteiger partial charge in [-0.1, -0.05) is 0 Å². The summed E-state index contributed by atoms with van der Waals surface area (Å²) in [7, 11) is 0. The summed E-state index contributed by atoms with van der Waals surface area (Å²) in [6, 6.07) is 0. The average Bonchev–Trinajstić information content (AvgIpc) is 3.75. The van der Waals surface area contributed by atoms with E-state index in [1.165, 1.54) is 0 Å². The van der Waals surface area contributed by atoms with Crippen molar-refractivity contribution < 1.29 is 153 Å². The molecule has 0 aliphatic carbocycles. The van der Waals surface area contributed by atoms with E-state index in [0.29, 0.717) is 0 Å². The molecule has 0 saturated carbocycles. The Labute approximate surface area is 377 Å². The van der Waals surface area contributed by atoms with Crippen LogP contribution in [0, 0.1) is 0 Å². The van der Waals surface area contributed by atoms with Crippen molar-refractivity contribution in [2.75, 3.05) is 39.6 Å². The highest BCUT2D eigenvalue weighted by Crippen LogP contribution is 2.36. The first kappa shape index (κ1) is 53.1. The van der Waals surface area contributed by atoms with Crippen molar-refractivity contribution in [2.24, 2.45) is 0 Å². The number of hydrogen-bond donors (Lipinski definition) is 17. The van der Waals surface area contributed by atoms with Gasteiger partial charge in [0.05, 0.1) is 39.6 Å². The molecule has 7 heterocycles. The molecular weight excluding hydrogens is 928 g/mol. The lowest BCUT2D eigenvalue weighted by molar-refractivity contribution is -0.379. The maximum absolute atomic E-state index is 11.7. The minimum Gasteiger partial charge on any atom is -0.479 e. The Hall–Kier alpha value is -1.69. The second-order valence-corrected chi connectivity index (χ2v) is 16.8. The van der Waals surface area contributed by atoms with Gasteiger partial charge in [0, 0.05) is 0 Å². The summed E-state index contributed by atoms with van der Waals surface area (Å²) in [5, 5.41) is 177. The minimum absolute atomic E-state index is 0.510. The van der Waals surface area contributed by atoms with Crippen molar-refractivity contribution in [3.05, 3.63) is 0 Å². The van der Waals surface area contributed by atoms with Gasteiger partial charge in [0.2, 0.25) is 0 Å². The fourth-order valence-corrected chi connectivity index (χ4v) is 8.33. The number of carboxylic acid groups (broad SMARTS) is 1. The zero-order chi connectivity index (χ0) is 48.8. The maximum atomic E-state index is 11.7. The molecule has 17 N–H and O–H groups in total. The molecule has 7 fully saturated rings. The van der Waals surface area contributed by atoms with Gasteiger partial charge < -0.3 is 148 Å². The topological polar surface area (TPSA) is 481 Å². The van der Waals surface area contributed by atoms with E-state index in [1.807, 2.05) is 0 Å². The summed E-state index contributed by atoms with van der Waals surface area (Å²) in [6.45, 7) is -3.99. The molecule has 0 aromatic carbocycles. The van der Waals surface area contributed by atoms with E-state index in [-0.39, 0.29) is 0 Å². The van der Waals surface area contributed by atoms with Crippen LogP contribution in [0.25, 0.3) is 0 Å². The summed E-state index contributed by atoms with van der Waals surface area (Å²) in [5.74, 6) is -1.75. The Morgan fingerprint density at radius 2 is 0.851 bits per heavy atom. The second-order valence-electron chi connectivity index (χ2n) is 16.8. The molecule has 31 nitrogen and oxygen atoms in total. The van der Waals surface area contributed by atoms with Gasteiger partial charge in [-0.15, -0.1) is 0 Å². The fourth-order valence-electron chi connectivity index (χ4n) is 8.33. The van der Waals surface area contributed by atoms with E-state index in [1.54, 1.807) is 0 Å². The van der Waals surface area contributed by atoms with Gasteiger partial charge in [-0.25, -0.2) is 4.79 Å². The largest absolute Gasteiger partial charge is 0.479 e. The second kappa shape index (κ2) is 22.4. The van der Waals surface area contributed by atoms with Crippen LogP contribution in [-0.2, 0) is 66.4 Å². The van der Waals surface area contributed by atoms with Crippen LogP contribution in [0.4, 0.5) is 0 Å². The number of carbonyl (C=O) groups is 1. The number of ether oxygens (including phenoxy) is 13. The minimum atomic E-state index is -2.12. The maximum Gasteiger partial charge on any atom is 0.335 e. The summed E-state index contributed by atoms with van der Waals surface area (Å²) < 4.78 is 72.7. The van der Waals surface area contributed by atoms with Crippen LogP contribution >= 0.6 is 0 Å². The average molecular weight is 987 g/mol. The molecule has 0 aromatic rings. The number of aliphatic hydroxyl groups is 16. The SMILES string of the molecule is O=C(O)[C@H]1O[C@H](O[C@H]2[C@H](O[C@@H]3CO[C@@H](O[C@@H]4CO[C@@H](O[C@@H]5CO[C@@H](O)[C@H](O)[C@H]5O)[C@H](O)[C@H]4O[C@@H]4O[C@@H](CO)[C@H](O)[C@H]4O[C@@H]4O[C@@H](CO)[C@H](O)[C@H]4O)[C@H](O)[C@H]3O)OC[C@@H](O)[C@@H]2O)[C@H](O)[C@@H](O)[C@@H]1O. The standard InChI is InChI=1S/C36H58O31/c37-1-8-14(41)22(49)33(59-8)67-28-17(44)9(2-38)60-36(28)64-25-12(6-58-32(24(25)51)61-10-4-55-30(54)20(47)15(10)42)63-31-21(48)16(43)11(5-57-31)62-35-27(13(40)7(39)3-56-35)66-34-23(50)18(45)19(46)26(65-34)29(52)53/h7-28,30-51,54H,1-6H2,(H,52,53)/t7-,8+,9+,10-,11-,12-,13+,14+,15+,16+,17+,18+,19+,20-,21-,22-,23-,24-,25+,26+,27-,28-,30-,31+,32+,33+,34-,35+,36+/m1/s1. The number of hydrogen-bond acceptors (Lipinski definition) is 30. The first-order chi connectivity index (χ1) is 31.7. The van der Waals surface area contributed by atoms with Gasteiger partial charge in [0.25, 0.3) is 0 Å². The predicted octanol–water partition coefficient (Wildman–Crippen LogP) is -12.3. The monoisotopic (exact) mass is 986 g/mol. The molecule has 29 atom stereocenters. The molecule has 7 saturated heterocycles. The predicted molar refractivity (Wildman–Crippen MR) is 196 cm³/mol. The van der Waals surface area contributed by atoms with Crippen molar-refractivity contribution >= 4 is 5.97 Å². The molecule has 0 unspecified atom stereocenters. The number of rotatable bonds is 15. The third kappa shape index (κ3) is 11.1. The lowest BCUT2D eigenvalue weighted by Gasteiger charge is -2.46. The van der Waals surface area contributed by atoms with Gasteiger partial charge in [-0.05, 0) is 0 Å². The van der Waals surface area contributed by atoms with E-state index >= 15 is 0 Å². The first-order valence-electron chi connectivity index (χ1n) is 21.1. The van der Waals surface area contributed by atoms with Crippen LogP contribution in [0.3, 0.4) is 0 Å². The highest BCUT2D eigenvalue weighted by atomic mass is 16.8. The fraction of sp³-hybridized carbons (Fsp3) is 0.972. The van der Waals surface area contributed by atoms with Crippen molar-refractivity contribution in [1.29, 1.82) is 0 Å². The number of aliphatic hydroxyl groups excluding tert-OH is 16. The van der Waals surface area contributed by atoms with Gasteiger partial charge >= 0.3 is 5.97 Å². The van der Waals surface area contributed by atoms with E-state index in [4.69, 9.17) is 61.6 Å². The molecule has 7 aliphatic heterocycles. The molecule has 0 amide bonds. The molecule has 0 aromatic heterocycles. The zero-order valence-corrected chi connectivity index (χ0v) is 34.8. The Morgan fingerprint density at radius 3 is 1.48 bits per heavy atom. The normalized spacial score (nSPS) is 53.2. The van der Waals surface area contributed by atoms with Gasteiger partial charge in [0.15, 0.2) is 50.1 Å². The molecule has 388 valence electrons. The van der Waals surface area contributed by atoms with Crippen LogP contribution < -0.4 is 0 Å². The molecule has 67 heavy (non-hydrogen) atoms. The van der Waals surface area contributed by atoms with Crippen LogP contribution in [0.2, 0.25) is 0 Å². The summed E-state index contributed by atoms with van der Waals surface area (Å²) >= 11 is 0. The van der Waals surface area contributed by atoms with E-state index in [0.717, 1.165) is 0 Å². The Bertz CT molecular complexity index is 1590. The molecule has 7 aliphatic rings. The molecule has 7 rings (SSSR count). The van der Waals surface area contributed by atoms with E-state index in [2.05, 4.69) is 0 Å². The quantitative estimate of drug-likeness (QED) is 0.0724. The summed E-state index contributed by atoms with van der Waals surface area (Å²) in [5.41, 5.74) is 0. The van der Waals surface area contributed by atoms with Gasteiger partial charge in [-0.2, -0.15) is 0 Å². The van der Waals surface area contributed by atoms with Crippen LogP contribution in [0.1, 0.15) is 0 Å².